The third-order valence-electron chi connectivity index (χ3n) is 9.33. The molecule has 2 fully saturated rings. The summed E-state index contributed by atoms with van der Waals surface area (Å²) in [7, 11) is 3.19. The molecule has 1 aromatic carbocycles. The SMILES string of the molecule is CCN(C)[C@@H]1C(=O)C(C(N)=O)=C(O)[C@@]2(O)C(=O)C3=C(O)c4c(O)cc([C@@H]5CCCN5C)c(C(F)(F)F)c4C[C@H]3C[C@@H]12. The Morgan fingerprint density at radius 3 is 2.44 bits per heavy atom. The summed E-state index contributed by atoms with van der Waals surface area (Å²) in [5.74, 6) is -8.89. The number of aromatic hydroxyl groups is 1. The Morgan fingerprint density at radius 2 is 1.90 bits per heavy atom. The zero-order chi connectivity index (χ0) is 30.3. The number of fused-ring (bicyclic) bond motifs is 3. The molecule has 0 radical (unpaired) electrons. The molecule has 0 spiro atoms. The molecule has 6 N–H and O–H groups in total. The van der Waals surface area contributed by atoms with E-state index in [0.717, 1.165) is 6.07 Å². The van der Waals surface area contributed by atoms with Crippen LogP contribution in [0.4, 0.5) is 13.2 Å². The van der Waals surface area contributed by atoms with Gasteiger partial charge in [-0.05, 0) is 76.0 Å². The van der Waals surface area contributed by atoms with E-state index in [1.807, 2.05) is 0 Å². The Morgan fingerprint density at radius 1 is 1.24 bits per heavy atom. The highest BCUT2D eigenvalue weighted by atomic mass is 19.4. The molecule has 1 saturated heterocycles. The summed E-state index contributed by atoms with van der Waals surface area (Å²) in [4.78, 5) is 42.6. The highest BCUT2D eigenvalue weighted by Crippen LogP contribution is 2.55. The molecule has 5 rings (SSSR count). The number of ketones is 2. The van der Waals surface area contributed by atoms with Crippen molar-refractivity contribution in [2.75, 3.05) is 27.2 Å². The number of Topliss-reactive ketones (excluding diaryl/α,β-unsaturated/α-hetero) is 2. The number of nitrogens with two attached hydrogens (primary N) is 1. The van der Waals surface area contributed by atoms with Crippen LogP contribution >= 0.6 is 0 Å². The molecule has 10 nitrogen and oxygen atoms in total. The second-order valence-electron chi connectivity index (χ2n) is 11.4. The maximum Gasteiger partial charge on any atom is 0.417 e. The van der Waals surface area contributed by atoms with Gasteiger partial charge in [-0.2, -0.15) is 13.2 Å². The van der Waals surface area contributed by atoms with Gasteiger partial charge in [0.1, 0.15) is 22.8 Å². The lowest BCUT2D eigenvalue weighted by atomic mass is 9.57. The van der Waals surface area contributed by atoms with Crippen LogP contribution < -0.4 is 5.73 Å². The molecule has 4 aliphatic rings. The van der Waals surface area contributed by atoms with Crippen LogP contribution in [0.3, 0.4) is 0 Å². The Bertz CT molecular complexity index is 1440. The average Bonchev–Trinajstić information content (AvgIpc) is 3.30. The van der Waals surface area contributed by atoms with E-state index >= 15 is 0 Å². The topological polar surface area (TPSA) is 165 Å². The fourth-order valence-corrected chi connectivity index (χ4v) is 7.36. The van der Waals surface area contributed by atoms with E-state index in [0.29, 0.717) is 19.4 Å². The molecule has 0 unspecified atom stereocenters. The number of alkyl halides is 3. The van der Waals surface area contributed by atoms with Gasteiger partial charge in [-0.3, -0.25) is 24.2 Å². The highest BCUT2D eigenvalue weighted by molar-refractivity contribution is 6.24. The van der Waals surface area contributed by atoms with Crippen LogP contribution in [0.25, 0.3) is 5.76 Å². The highest BCUT2D eigenvalue weighted by Gasteiger charge is 2.64. The first-order chi connectivity index (χ1) is 19.1. The van der Waals surface area contributed by atoms with Crippen LogP contribution in [-0.4, -0.2) is 86.5 Å². The van der Waals surface area contributed by atoms with E-state index in [2.05, 4.69) is 0 Å². The van der Waals surface area contributed by atoms with Crippen molar-refractivity contribution in [2.24, 2.45) is 17.6 Å². The number of hydrogen-bond donors (Lipinski definition) is 5. The summed E-state index contributed by atoms with van der Waals surface area (Å²) in [5.41, 5.74) is -1.06. The Balaban J connectivity index is 1.76. The number of halogens is 3. The first-order valence-corrected chi connectivity index (χ1v) is 13.4. The fourth-order valence-electron chi connectivity index (χ4n) is 7.36. The Hall–Kier alpha value is -3.42. The fraction of sp³-hybridized carbons (Fsp3) is 0.536. The quantitative estimate of drug-likeness (QED) is 0.336. The Kier molecular flexibility index (Phi) is 6.79. The molecule has 41 heavy (non-hydrogen) atoms. The van der Waals surface area contributed by atoms with E-state index in [4.69, 9.17) is 5.73 Å². The number of amides is 1. The molecule has 0 bridgehead atoms. The van der Waals surface area contributed by atoms with Gasteiger partial charge in [-0.25, -0.2) is 0 Å². The standard InChI is InChI=1S/C28H32F3N3O7/c1-4-33(2)21-14-9-11-8-13-18(16(35)10-12(20(13)28(29,30)31)15-6-5-7-34(15)3)22(36)17(11)24(38)27(14,41)25(39)19(23(21)37)26(32)40/h10-11,14-15,21,35-36,39,41H,4-9H2,1-3H3,(H2,32,40)/t11-,14-,15-,21-,27-/m0/s1. The maximum absolute atomic E-state index is 14.7. The van der Waals surface area contributed by atoms with E-state index in [1.165, 1.54) is 11.9 Å². The number of likely N-dealkylation sites (tertiary alicyclic amines) is 1. The van der Waals surface area contributed by atoms with Crippen molar-refractivity contribution < 1.29 is 48.0 Å². The Labute approximate surface area is 233 Å². The minimum Gasteiger partial charge on any atom is -0.508 e. The number of aliphatic hydroxyl groups is 3. The summed E-state index contributed by atoms with van der Waals surface area (Å²) < 4.78 is 44.1. The van der Waals surface area contributed by atoms with Crippen molar-refractivity contribution in [3.63, 3.8) is 0 Å². The number of hydrogen-bond acceptors (Lipinski definition) is 9. The maximum atomic E-state index is 14.7. The third-order valence-corrected chi connectivity index (χ3v) is 9.33. The van der Waals surface area contributed by atoms with Gasteiger partial charge >= 0.3 is 6.18 Å². The van der Waals surface area contributed by atoms with Crippen molar-refractivity contribution in [3.8, 4) is 5.75 Å². The smallest absolute Gasteiger partial charge is 0.417 e. The lowest BCUT2D eigenvalue weighted by molar-refractivity contribution is -0.154. The molecule has 1 saturated carbocycles. The number of nitrogens with zero attached hydrogens (tertiary/aromatic N) is 2. The van der Waals surface area contributed by atoms with Crippen LogP contribution in [0.1, 0.15) is 54.5 Å². The van der Waals surface area contributed by atoms with Crippen molar-refractivity contribution in [3.05, 3.63) is 45.2 Å². The number of primary amides is 1. The molecule has 1 heterocycles. The third kappa shape index (κ3) is 4.00. The van der Waals surface area contributed by atoms with E-state index in [-0.39, 0.29) is 24.1 Å². The first kappa shape index (κ1) is 29.1. The number of benzene rings is 1. The van der Waals surface area contributed by atoms with Crippen LogP contribution in [0, 0.1) is 11.8 Å². The van der Waals surface area contributed by atoms with Crippen molar-refractivity contribution in [2.45, 2.75) is 56.5 Å². The van der Waals surface area contributed by atoms with Gasteiger partial charge in [0.15, 0.2) is 11.4 Å². The van der Waals surface area contributed by atoms with Crippen LogP contribution in [-0.2, 0) is 27.0 Å². The number of phenols is 1. The lowest BCUT2D eigenvalue weighted by Gasteiger charge is -2.50. The molecule has 13 heteroatoms. The zero-order valence-electron chi connectivity index (χ0n) is 22.7. The second-order valence-corrected chi connectivity index (χ2v) is 11.4. The number of carbonyl (C=O) groups excluding carboxylic acids is 3. The normalized spacial score (nSPS) is 30.5. The summed E-state index contributed by atoms with van der Waals surface area (Å²) in [6, 6.07) is -0.975. The lowest BCUT2D eigenvalue weighted by Crippen LogP contribution is -2.66. The molecule has 1 aliphatic heterocycles. The van der Waals surface area contributed by atoms with E-state index in [1.54, 1.807) is 18.9 Å². The van der Waals surface area contributed by atoms with Gasteiger partial charge < -0.3 is 26.2 Å². The van der Waals surface area contributed by atoms with Gasteiger partial charge in [0.25, 0.3) is 5.91 Å². The van der Waals surface area contributed by atoms with E-state index < -0.39 is 99.1 Å². The molecule has 222 valence electrons. The van der Waals surface area contributed by atoms with Crippen LogP contribution in [0.2, 0.25) is 0 Å². The largest absolute Gasteiger partial charge is 0.508 e. The molecule has 3 aliphatic carbocycles. The number of aliphatic hydroxyl groups excluding tert-OH is 2. The molecule has 1 aromatic rings. The van der Waals surface area contributed by atoms with Crippen LogP contribution in [0.5, 0.6) is 5.75 Å². The average molecular weight is 580 g/mol. The molecule has 1 amide bonds. The minimum atomic E-state index is -4.86. The predicted octanol–water partition coefficient (Wildman–Crippen LogP) is 2.14. The molecule has 0 aromatic heterocycles. The number of likely N-dealkylation sites (N-methyl/N-ethyl adjacent to an activating group) is 1. The van der Waals surface area contributed by atoms with Gasteiger partial charge in [-0.1, -0.05) is 6.92 Å². The second kappa shape index (κ2) is 9.57. The van der Waals surface area contributed by atoms with Crippen LogP contribution in [0.15, 0.2) is 23.0 Å². The monoisotopic (exact) mass is 579 g/mol. The van der Waals surface area contributed by atoms with Gasteiger partial charge in [-0.15, -0.1) is 0 Å². The predicted molar refractivity (Wildman–Crippen MR) is 138 cm³/mol. The summed E-state index contributed by atoms with van der Waals surface area (Å²) in [6.45, 7) is 2.46. The van der Waals surface area contributed by atoms with Gasteiger partial charge in [0, 0.05) is 17.5 Å². The number of rotatable bonds is 4. The van der Waals surface area contributed by atoms with Crippen molar-refractivity contribution in [1.82, 2.24) is 9.80 Å². The van der Waals surface area contributed by atoms with Crippen molar-refractivity contribution >= 4 is 23.2 Å². The summed E-state index contributed by atoms with van der Waals surface area (Å²) in [5, 5.41) is 44.9. The zero-order valence-corrected chi connectivity index (χ0v) is 22.7. The minimum absolute atomic E-state index is 0.133. The molecular weight excluding hydrogens is 547 g/mol. The molecular formula is C28H32F3N3O7. The van der Waals surface area contributed by atoms with Gasteiger partial charge in [0.05, 0.1) is 17.2 Å². The van der Waals surface area contributed by atoms with Crippen molar-refractivity contribution in [1.29, 1.82) is 0 Å². The first-order valence-electron chi connectivity index (χ1n) is 13.4. The summed E-state index contributed by atoms with van der Waals surface area (Å²) >= 11 is 0. The van der Waals surface area contributed by atoms with E-state index in [9.17, 15) is 48.0 Å². The van der Waals surface area contributed by atoms with Gasteiger partial charge in [0.2, 0.25) is 5.78 Å². The number of phenolic OH excluding ortho intramolecular Hbond substituents is 1. The molecule has 5 atom stereocenters. The number of carbonyl (C=O) groups is 3. The summed E-state index contributed by atoms with van der Waals surface area (Å²) in [6.07, 6.45) is -4.49.